The van der Waals surface area contributed by atoms with E-state index < -0.39 is 0 Å². The predicted molar refractivity (Wildman–Crippen MR) is 84.6 cm³/mol. The number of hydrogen-bond donors (Lipinski definition) is 2. The van der Waals surface area contributed by atoms with Crippen LogP contribution < -0.4 is 5.32 Å². The summed E-state index contributed by atoms with van der Waals surface area (Å²) in [4.78, 5) is 7.07. The molecule has 0 bridgehead atoms. The summed E-state index contributed by atoms with van der Waals surface area (Å²) in [6.07, 6.45) is 5.89. The summed E-state index contributed by atoms with van der Waals surface area (Å²) in [7, 11) is 0. The Labute approximate surface area is 124 Å². The molecule has 4 nitrogen and oxygen atoms in total. The first kappa shape index (κ1) is 12.9. The Hall–Kier alpha value is -1.81. The number of likely N-dealkylation sites (tertiary alicyclic amines) is 1. The predicted octanol–water partition coefficient (Wildman–Crippen LogP) is 2.84. The lowest BCUT2D eigenvalue weighted by Gasteiger charge is -2.16. The fraction of sp³-hybridized carbons (Fsp3) is 0.471. The average molecular weight is 283 g/mol. The summed E-state index contributed by atoms with van der Waals surface area (Å²) in [6, 6.07) is 8.29. The Bertz CT molecular complexity index is 654. The number of phenolic OH excluding ortho intramolecular Hbond substituents is 1. The molecule has 1 unspecified atom stereocenters. The second-order valence-corrected chi connectivity index (χ2v) is 6.33. The summed E-state index contributed by atoms with van der Waals surface area (Å²) >= 11 is 0. The Kier molecular flexibility index (Phi) is 3.19. The number of rotatable bonds is 4. The molecule has 2 aliphatic rings. The van der Waals surface area contributed by atoms with Crippen molar-refractivity contribution >= 4 is 16.6 Å². The minimum Gasteiger partial charge on any atom is -0.508 e. The fourth-order valence-corrected chi connectivity index (χ4v) is 3.34. The molecule has 1 aliphatic carbocycles. The molecule has 4 heteroatoms. The summed E-state index contributed by atoms with van der Waals surface area (Å²) in [6.45, 7) is 3.43. The van der Waals surface area contributed by atoms with Crippen LogP contribution in [0.2, 0.25) is 0 Å². The number of aromatic hydroxyl groups is 1. The van der Waals surface area contributed by atoms with Gasteiger partial charge in [-0.15, -0.1) is 0 Å². The largest absolute Gasteiger partial charge is 0.508 e. The van der Waals surface area contributed by atoms with E-state index >= 15 is 0 Å². The van der Waals surface area contributed by atoms with Gasteiger partial charge < -0.3 is 15.3 Å². The van der Waals surface area contributed by atoms with Gasteiger partial charge >= 0.3 is 0 Å². The van der Waals surface area contributed by atoms with Crippen molar-refractivity contribution in [1.29, 1.82) is 0 Å². The monoisotopic (exact) mass is 283 g/mol. The summed E-state index contributed by atoms with van der Waals surface area (Å²) in [5.74, 6) is 1.88. The zero-order valence-electron chi connectivity index (χ0n) is 12.1. The van der Waals surface area contributed by atoms with Crippen LogP contribution >= 0.6 is 0 Å². The summed E-state index contributed by atoms with van der Waals surface area (Å²) in [5.41, 5.74) is 0. The molecule has 1 saturated carbocycles. The van der Waals surface area contributed by atoms with E-state index in [4.69, 9.17) is 0 Å². The molecule has 1 saturated heterocycles. The summed E-state index contributed by atoms with van der Waals surface area (Å²) < 4.78 is 0. The molecule has 0 radical (unpaired) electrons. The number of fused-ring (bicyclic) bond motifs is 1. The van der Waals surface area contributed by atoms with E-state index in [2.05, 4.69) is 15.2 Å². The van der Waals surface area contributed by atoms with Crippen LogP contribution in [-0.2, 0) is 0 Å². The van der Waals surface area contributed by atoms with E-state index in [0.717, 1.165) is 29.2 Å². The average Bonchev–Trinajstić information content (AvgIpc) is 3.24. The van der Waals surface area contributed by atoms with Gasteiger partial charge in [-0.2, -0.15) is 0 Å². The molecule has 0 amide bonds. The van der Waals surface area contributed by atoms with Crippen molar-refractivity contribution in [3.63, 3.8) is 0 Å². The molecule has 4 rings (SSSR count). The van der Waals surface area contributed by atoms with Crippen LogP contribution in [0.3, 0.4) is 0 Å². The van der Waals surface area contributed by atoms with Gasteiger partial charge in [0, 0.05) is 30.7 Å². The van der Waals surface area contributed by atoms with Gasteiger partial charge in [0.2, 0.25) is 0 Å². The van der Waals surface area contributed by atoms with Crippen LogP contribution in [0.1, 0.15) is 19.3 Å². The first-order chi connectivity index (χ1) is 10.3. The van der Waals surface area contributed by atoms with Crippen LogP contribution in [0.15, 0.2) is 30.5 Å². The van der Waals surface area contributed by atoms with Gasteiger partial charge in [-0.3, -0.25) is 0 Å². The highest BCUT2D eigenvalue weighted by Crippen LogP contribution is 2.32. The fourth-order valence-electron chi connectivity index (χ4n) is 3.34. The van der Waals surface area contributed by atoms with E-state index in [0.29, 0.717) is 11.7 Å². The van der Waals surface area contributed by atoms with Crippen molar-refractivity contribution in [2.45, 2.75) is 25.3 Å². The smallest absolute Gasteiger partial charge is 0.133 e. The molecule has 1 aromatic heterocycles. The number of nitrogens with zero attached hydrogens (tertiary/aromatic N) is 2. The number of pyridine rings is 1. The number of aromatic nitrogens is 1. The minimum atomic E-state index is 0.291. The van der Waals surface area contributed by atoms with E-state index in [1.807, 2.05) is 18.3 Å². The standard InChI is InChI=1S/C17H21N3O/c21-15-4-1-13-5-7-18-17(16(13)9-15)19-10-12-6-8-20(11-12)14-2-3-14/h1,4-5,7,9,12,14,21H,2-3,6,8,10-11H2,(H,18,19). The van der Waals surface area contributed by atoms with E-state index in [9.17, 15) is 5.11 Å². The van der Waals surface area contributed by atoms with Gasteiger partial charge in [-0.05, 0) is 55.3 Å². The minimum absolute atomic E-state index is 0.291. The number of phenols is 1. The second kappa shape index (κ2) is 5.19. The van der Waals surface area contributed by atoms with Gasteiger partial charge in [0.15, 0.2) is 0 Å². The summed E-state index contributed by atoms with van der Waals surface area (Å²) in [5, 5.41) is 15.3. The molecule has 110 valence electrons. The van der Waals surface area contributed by atoms with Crippen molar-refractivity contribution in [1.82, 2.24) is 9.88 Å². The van der Waals surface area contributed by atoms with Crippen LogP contribution in [0.4, 0.5) is 5.82 Å². The second-order valence-electron chi connectivity index (χ2n) is 6.33. The Morgan fingerprint density at radius 3 is 3.00 bits per heavy atom. The van der Waals surface area contributed by atoms with Gasteiger partial charge in [0.05, 0.1) is 0 Å². The number of anilines is 1. The van der Waals surface area contributed by atoms with Crippen LogP contribution in [0, 0.1) is 5.92 Å². The maximum Gasteiger partial charge on any atom is 0.133 e. The van der Waals surface area contributed by atoms with Crippen LogP contribution in [0.25, 0.3) is 10.8 Å². The van der Waals surface area contributed by atoms with Crippen LogP contribution in [-0.4, -0.2) is 40.7 Å². The lowest BCUT2D eigenvalue weighted by molar-refractivity contribution is 0.316. The number of benzene rings is 1. The van der Waals surface area contributed by atoms with Gasteiger partial charge in [0.1, 0.15) is 11.6 Å². The topological polar surface area (TPSA) is 48.4 Å². The zero-order chi connectivity index (χ0) is 14.2. The molecule has 2 aromatic rings. The van der Waals surface area contributed by atoms with Crippen molar-refractivity contribution in [3.8, 4) is 5.75 Å². The van der Waals surface area contributed by atoms with E-state index in [-0.39, 0.29) is 0 Å². The third-order valence-corrected chi connectivity index (χ3v) is 4.69. The lowest BCUT2D eigenvalue weighted by Crippen LogP contribution is -2.24. The van der Waals surface area contributed by atoms with Gasteiger partial charge in [-0.25, -0.2) is 4.98 Å². The lowest BCUT2D eigenvalue weighted by atomic mass is 10.1. The van der Waals surface area contributed by atoms with Crippen molar-refractivity contribution in [2.75, 3.05) is 25.0 Å². The van der Waals surface area contributed by atoms with Gasteiger partial charge in [-0.1, -0.05) is 6.07 Å². The molecular formula is C17H21N3O. The molecule has 21 heavy (non-hydrogen) atoms. The molecule has 1 atom stereocenters. The normalized spacial score (nSPS) is 22.8. The third-order valence-electron chi connectivity index (χ3n) is 4.69. The van der Waals surface area contributed by atoms with Crippen molar-refractivity contribution in [3.05, 3.63) is 30.5 Å². The van der Waals surface area contributed by atoms with Crippen molar-refractivity contribution < 1.29 is 5.11 Å². The Morgan fingerprint density at radius 2 is 2.14 bits per heavy atom. The molecule has 1 aliphatic heterocycles. The highest BCUT2D eigenvalue weighted by molar-refractivity contribution is 5.92. The van der Waals surface area contributed by atoms with E-state index in [1.165, 1.54) is 32.4 Å². The SMILES string of the molecule is Oc1ccc2ccnc(NCC3CCN(C4CC4)C3)c2c1. The molecule has 2 N–H and O–H groups in total. The molecular weight excluding hydrogens is 262 g/mol. The van der Waals surface area contributed by atoms with E-state index in [1.54, 1.807) is 12.1 Å². The number of nitrogens with one attached hydrogen (secondary N) is 1. The highest BCUT2D eigenvalue weighted by atomic mass is 16.3. The molecule has 1 aromatic carbocycles. The Balaban J connectivity index is 1.46. The maximum atomic E-state index is 9.67. The highest BCUT2D eigenvalue weighted by Gasteiger charge is 2.34. The Morgan fingerprint density at radius 1 is 1.24 bits per heavy atom. The number of hydrogen-bond acceptors (Lipinski definition) is 4. The third kappa shape index (κ3) is 2.68. The molecule has 2 heterocycles. The maximum absolute atomic E-state index is 9.67. The quantitative estimate of drug-likeness (QED) is 0.906. The molecule has 0 spiro atoms. The first-order valence-electron chi connectivity index (χ1n) is 7.85. The molecule has 2 fully saturated rings. The van der Waals surface area contributed by atoms with Crippen LogP contribution in [0.5, 0.6) is 5.75 Å². The first-order valence-corrected chi connectivity index (χ1v) is 7.85. The van der Waals surface area contributed by atoms with Crippen molar-refractivity contribution in [2.24, 2.45) is 5.92 Å². The van der Waals surface area contributed by atoms with Gasteiger partial charge in [0.25, 0.3) is 0 Å². The zero-order valence-corrected chi connectivity index (χ0v) is 12.1.